The van der Waals surface area contributed by atoms with E-state index in [1.54, 1.807) is 12.4 Å². The summed E-state index contributed by atoms with van der Waals surface area (Å²) in [6, 6.07) is 12.4. The number of anilines is 3. The van der Waals surface area contributed by atoms with Crippen LogP contribution in [0.25, 0.3) is 22.0 Å². The number of fused-ring (bicyclic) bond motifs is 1. The molecule has 1 saturated heterocycles. The molecule has 0 amide bonds. The highest BCUT2D eigenvalue weighted by molar-refractivity contribution is 6.00. The molecule has 0 saturated carbocycles. The van der Waals surface area contributed by atoms with Crippen molar-refractivity contribution in [1.29, 1.82) is 0 Å². The van der Waals surface area contributed by atoms with Crippen molar-refractivity contribution < 1.29 is 4.74 Å². The number of aryl methyl sites for hydroxylation is 1. The van der Waals surface area contributed by atoms with Gasteiger partial charge >= 0.3 is 0 Å². The summed E-state index contributed by atoms with van der Waals surface area (Å²) in [5.74, 6) is 0.989. The Morgan fingerprint density at radius 2 is 2.00 bits per heavy atom. The zero-order valence-electron chi connectivity index (χ0n) is 19.9. The van der Waals surface area contributed by atoms with Crippen molar-refractivity contribution in [1.82, 2.24) is 19.9 Å². The predicted octanol–water partition coefficient (Wildman–Crippen LogP) is 4.89. The maximum Gasteiger partial charge on any atom is 0.227 e. The zero-order valence-corrected chi connectivity index (χ0v) is 19.9. The Hall–Kier alpha value is -3.55. The van der Waals surface area contributed by atoms with Gasteiger partial charge in [-0.15, -0.1) is 0 Å². The lowest BCUT2D eigenvalue weighted by Crippen LogP contribution is -2.14. The third-order valence-corrected chi connectivity index (χ3v) is 6.37. The number of nitrogens with zero attached hydrogens (tertiary/aromatic N) is 4. The molecule has 0 radical (unpaired) electrons. The molecule has 0 aliphatic carbocycles. The van der Waals surface area contributed by atoms with Crippen LogP contribution >= 0.6 is 0 Å². The van der Waals surface area contributed by atoms with E-state index in [1.165, 1.54) is 11.1 Å². The standard InChI is InChI=1S/C27H30N6O/c1-17-8-10-29-13-23(17)22-6-7-25(28)24-14-30-27(32-26(22)24)31-20-4-5-21(18-9-11-34-16-18)19(12-20)15-33(2)3/h4-8,10,12-14,18H,9,11,15-16,28H2,1-3H3,(H,30,31,32). The Balaban J connectivity index is 1.53. The van der Waals surface area contributed by atoms with Gasteiger partial charge in [0.05, 0.1) is 12.1 Å². The van der Waals surface area contributed by atoms with Crippen LogP contribution in [-0.2, 0) is 11.3 Å². The Morgan fingerprint density at radius 3 is 2.76 bits per heavy atom. The first-order chi connectivity index (χ1) is 16.5. The van der Waals surface area contributed by atoms with Gasteiger partial charge in [0.1, 0.15) is 0 Å². The first-order valence-corrected chi connectivity index (χ1v) is 11.6. The minimum atomic E-state index is 0.453. The molecule has 2 aromatic carbocycles. The normalized spacial score (nSPS) is 15.8. The summed E-state index contributed by atoms with van der Waals surface area (Å²) in [4.78, 5) is 15.9. The van der Waals surface area contributed by atoms with Gasteiger partial charge in [-0.3, -0.25) is 4.98 Å². The van der Waals surface area contributed by atoms with Crippen molar-refractivity contribution in [3.63, 3.8) is 0 Å². The van der Waals surface area contributed by atoms with Gasteiger partial charge in [-0.2, -0.15) is 0 Å². The van der Waals surface area contributed by atoms with Gasteiger partial charge in [0.15, 0.2) is 0 Å². The first kappa shape index (κ1) is 22.3. The average molecular weight is 455 g/mol. The van der Waals surface area contributed by atoms with E-state index < -0.39 is 0 Å². The fourth-order valence-electron chi connectivity index (χ4n) is 4.63. The molecule has 5 rings (SSSR count). The van der Waals surface area contributed by atoms with Crippen molar-refractivity contribution in [2.75, 3.05) is 38.4 Å². The van der Waals surface area contributed by atoms with E-state index in [-0.39, 0.29) is 0 Å². The summed E-state index contributed by atoms with van der Waals surface area (Å²) in [6.07, 6.45) is 6.53. The lowest BCUT2D eigenvalue weighted by molar-refractivity contribution is 0.193. The number of hydrogen-bond acceptors (Lipinski definition) is 7. The first-order valence-electron chi connectivity index (χ1n) is 11.6. The fourth-order valence-corrected chi connectivity index (χ4v) is 4.63. The molecule has 0 bridgehead atoms. The molecule has 34 heavy (non-hydrogen) atoms. The van der Waals surface area contributed by atoms with E-state index in [1.807, 2.05) is 24.4 Å². The highest BCUT2D eigenvalue weighted by Gasteiger charge is 2.21. The highest BCUT2D eigenvalue weighted by Crippen LogP contribution is 2.34. The molecule has 3 N–H and O–H groups in total. The number of ether oxygens (including phenoxy) is 1. The number of rotatable bonds is 6. The second-order valence-corrected chi connectivity index (χ2v) is 9.19. The van der Waals surface area contributed by atoms with Gasteiger partial charge in [-0.1, -0.05) is 12.1 Å². The number of nitrogen functional groups attached to an aromatic ring is 1. The van der Waals surface area contributed by atoms with E-state index in [0.29, 0.717) is 17.6 Å². The van der Waals surface area contributed by atoms with Crippen molar-refractivity contribution in [2.45, 2.75) is 25.8 Å². The fraction of sp³-hybridized carbons (Fsp3) is 0.296. The largest absolute Gasteiger partial charge is 0.398 e. The molecule has 1 unspecified atom stereocenters. The lowest BCUT2D eigenvalue weighted by Gasteiger charge is -2.19. The molecule has 4 aromatic rings. The van der Waals surface area contributed by atoms with Crippen LogP contribution in [0, 0.1) is 6.92 Å². The number of hydrogen-bond donors (Lipinski definition) is 2. The summed E-state index contributed by atoms with van der Waals surface area (Å²) in [5, 5.41) is 4.24. The topological polar surface area (TPSA) is 89.2 Å². The van der Waals surface area contributed by atoms with Crippen molar-refractivity contribution >= 4 is 28.2 Å². The number of nitrogens with one attached hydrogen (secondary N) is 1. The van der Waals surface area contributed by atoms with Crippen LogP contribution in [0.2, 0.25) is 0 Å². The van der Waals surface area contributed by atoms with Gasteiger partial charge in [-0.25, -0.2) is 9.97 Å². The Labute approximate surface area is 200 Å². The van der Waals surface area contributed by atoms with E-state index >= 15 is 0 Å². The highest BCUT2D eigenvalue weighted by atomic mass is 16.5. The molecule has 1 aliphatic heterocycles. The molecule has 1 fully saturated rings. The van der Waals surface area contributed by atoms with E-state index in [9.17, 15) is 0 Å². The summed E-state index contributed by atoms with van der Waals surface area (Å²) in [7, 11) is 4.18. The quantitative estimate of drug-likeness (QED) is 0.401. The van der Waals surface area contributed by atoms with Crippen LogP contribution in [0.15, 0.2) is 55.0 Å². The molecule has 2 aromatic heterocycles. The molecule has 0 spiro atoms. The molecule has 174 valence electrons. The molecular formula is C27H30N6O. The van der Waals surface area contributed by atoms with Crippen LogP contribution in [0.5, 0.6) is 0 Å². The monoisotopic (exact) mass is 454 g/mol. The Morgan fingerprint density at radius 1 is 1.12 bits per heavy atom. The number of nitrogens with two attached hydrogens (primary N) is 1. The lowest BCUT2D eigenvalue weighted by atomic mass is 9.93. The second kappa shape index (κ2) is 9.37. The van der Waals surface area contributed by atoms with Crippen molar-refractivity contribution in [3.05, 3.63) is 71.7 Å². The SMILES string of the molecule is Cc1ccncc1-c1ccc(N)c2cnc(Nc3ccc(C4CCOC4)c(CN(C)C)c3)nc12. The van der Waals surface area contributed by atoms with Crippen molar-refractivity contribution in [2.24, 2.45) is 0 Å². The number of benzene rings is 2. The van der Waals surface area contributed by atoms with Crippen LogP contribution in [0.1, 0.15) is 29.0 Å². The summed E-state index contributed by atoms with van der Waals surface area (Å²) in [6.45, 7) is 4.56. The van der Waals surface area contributed by atoms with Crippen molar-refractivity contribution in [3.8, 4) is 11.1 Å². The molecule has 1 atom stereocenters. The van der Waals surface area contributed by atoms with Crippen LogP contribution in [0.4, 0.5) is 17.3 Å². The van der Waals surface area contributed by atoms with E-state index in [4.69, 9.17) is 15.5 Å². The van der Waals surface area contributed by atoms with Gasteiger partial charge in [0.25, 0.3) is 0 Å². The molecule has 7 heteroatoms. The van der Waals surface area contributed by atoms with E-state index in [0.717, 1.165) is 59.5 Å². The summed E-state index contributed by atoms with van der Waals surface area (Å²) < 4.78 is 5.64. The third kappa shape index (κ3) is 4.44. The molecule has 1 aliphatic rings. The molecular weight excluding hydrogens is 424 g/mol. The van der Waals surface area contributed by atoms with E-state index in [2.05, 4.69) is 59.4 Å². The van der Waals surface area contributed by atoms with Gasteiger partial charge in [0, 0.05) is 65.5 Å². The number of aromatic nitrogens is 3. The van der Waals surface area contributed by atoms with Gasteiger partial charge < -0.3 is 20.7 Å². The van der Waals surface area contributed by atoms with Crippen LogP contribution < -0.4 is 11.1 Å². The second-order valence-electron chi connectivity index (χ2n) is 9.19. The van der Waals surface area contributed by atoms with Crippen LogP contribution in [-0.4, -0.2) is 47.2 Å². The zero-order chi connectivity index (χ0) is 23.7. The van der Waals surface area contributed by atoms with Crippen LogP contribution in [0.3, 0.4) is 0 Å². The third-order valence-electron chi connectivity index (χ3n) is 6.37. The Bertz CT molecular complexity index is 1330. The maximum atomic E-state index is 6.26. The van der Waals surface area contributed by atoms with Gasteiger partial charge in [0.2, 0.25) is 5.95 Å². The maximum absolute atomic E-state index is 6.26. The van der Waals surface area contributed by atoms with Gasteiger partial charge in [-0.05, 0) is 68.4 Å². The summed E-state index contributed by atoms with van der Waals surface area (Å²) in [5.41, 5.74) is 14.5. The minimum Gasteiger partial charge on any atom is -0.398 e. The number of pyridine rings is 1. The molecule has 7 nitrogen and oxygen atoms in total. The minimum absolute atomic E-state index is 0.453. The summed E-state index contributed by atoms with van der Waals surface area (Å²) >= 11 is 0. The average Bonchev–Trinajstić information content (AvgIpc) is 3.35. The predicted molar refractivity (Wildman–Crippen MR) is 137 cm³/mol. The molecule has 3 heterocycles. The smallest absolute Gasteiger partial charge is 0.227 e. The Kier molecular flexibility index (Phi) is 6.13.